The average molecular weight is 206 g/mol. The van der Waals surface area contributed by atoms with Crippen molar-refractivity contribution in [3.63, 3.8) is 0 Å². The summed E-state index contributed by atoms with van der Waals surface area (Å²) in [5.74, 6) is 0. The predicted molar refractivity (Wildman–Crippen MR) is 62.7 cm³/mol. The largest absolute Gasteiger partial charge is 0.323 e. The number of nitrogens with zero attached hydrogens (tertiary/aromatic N) is 1. The lowest BCUT2D eigenvalue weighted by atomic mass is 10.0. The van der Waals surface area contributed by atoms with E-state index in [4.69, 9.17) is 5.73 Å². The fraction of sp³-hybridized carbons (Fsp3) is 0.364. The third-order valence-corrected chi connectivity index (χ3v) is 3.77. The molecule has 1 aromatic rings. The number of hydrogen-bond acceptors (Lipinski definition) is 3. The summed E-state index contributed by atoms with van der Waals surface area (Å²) in [5.41, 5.74) is 9.30. The summed E-state index contributed by atoms with van der Waals surface area (Å²) < 4.78 is 0. The quantitative estimate of drug-likeness (QED) is 0.805. The lowest BCUT2D eigenvalue weighted by molar-refractivity contribution is 0.598. The first kappa shape index (κ1) is 9.74. The van der Waals surface area contributed by atoms with Gasteiger partial charge in [-0.1, -0.05) is 30.3 Å². The van der Waals surface area contributed by atoms with Crippen molar-refractivity contribution in [1.29, 1.82) is 0 Å². The normalized spacial score (nSPS) is 27.9. The SMILES string of the molecule is CC1N=CSC1C(N)c1ccccc1. The van der Waals surface area contributed by atoms with Crippen LogP contribution in [0.2, 0.25) is 0 Å². The van der Waals surface area contributed by atoms with Crippen LogP contribution in [-0.4, -0.2) is 16.8 Å². The molecule has 0 bridgehead atoms. The molecular formula is C11H14N2S. The summed E-state index contributed by atoms with van der Waals surface area (Å²) in [7, 11) is 0. The molecule has 0 saturated carbocycles. The van der Waals surface area contributed by atoms with E-state index >= 15 is 0 Å². The van der Waals surface area contributed by atoms with E-state index in [1.807, 2.05) is 23.7 Å². The zero-order valence-corrected chi connectivity index (χ0v) is 8.95. The van der Waals surface area contributed by atoms with Gasteiger partial charge in [0.15, 0.2) is 0 Å². The minimum Gasteiger partial charge on any atom is -0.323 e. The fourth-order valence-corrected chi connectivity index (χ4v) is 2.68. The molecule has 1 heterocycles. The molecule has 2 N–H and O–H groups in total. The molecule has 0 fully saturated rings. The summed E-state index contributed by atoms with van der Waals surface area (Å²) in [6.45, 7) is 2.12. The van der Waals surface area contributed by atoms with Crippen LogP contribution in [0, 0.1) is 0 Å². The summed E-state index contributed by atoms with van der Waals surface area (Å²) in [6.07, 6.45) is 0. The fourth-order valence-electron chi connectivity index (χ4n) is 1.65. The van der Waals surface area contributed by atoms with Crippen molar-refractivity contribution in [1.82, 2.24) is 0 Å². The Morgan fingerprint density at radius 1 is 1.36 bits per heavy atom. The Morgan fingerprint density at radius 2 is 2.07 bits per heavy atom. The lowest BCUT2D eigenvalue weighted by Gasteiger charge is -2.21. The molecule has 1 aliphatic heterocycles. The van der Waals surface area contributed by atoms with Crippen LogP contribution in [0.25, 0.3) is 0 Å². The summed E-state index contributed by atoms with van der Waals surface area (Å²) >= 11 is 1.74. The second kappa shape index (κ2) is 4.15. The first-order valence-corrected chi connectivity index (χ1v) is 5.71. The maximum Gasteiger partial charge on any atom is 0.0618 e. The van der Waals surface area contributed by atoms with Gasteiger partial charge in [-0.25, -0.2) is 0 Å². The van der Waals surface area contributed by atoms with E-state index < -0.39 is 0 Å². The van der Waals surface area contributed by atoms with Crippen LogP contribution in [0.15, 0.2) is 35.3 Å². The number of benzene rings is 1. The summed E-state index contributed by atoms with van der Waals surface area (Å²) in [4.78, 5) is 4.32. The van der Waals surface area contributed by atoms with Crippen LogP contribution < -0.4 is 5.73 Å². The molecule has 0 aliphatic carbocycles. The van der Waals surface area contributed by atoms with E-state index in [2.05, 4.69) is 24.0 Å². The molecule has 3 atom stereocenters. The lowest BCUT2D eigenvalue weighted by Crippen LogP contribution is -2.29. The molecule has 1 aromatic carbocycles. The molecule has 0 saturated heterocycles. The zero-order valence-electron chi connectivity index (χ0n) is 8.13. The third-order valence-electron chi connectivity index (χ3n) is 2.53. The summed E-state index contributed by atoms with van der Waals surface area (Å²) in [6, 6.07) is 10.6. The van der Waals surface area contributed by atoms with Gasteiger partial charge in [-0.15, -0.1) is 11.8 Å². The molecular weight excluding hydrogens is 192 g/mol. The Bertz CT molecular complexity index is 323. The van der Waals surface area contributed by atoms with E-state index in [1.165, 1.54) is 5.56 Å². The Kier molecular flexibility index (Phi) is 2.89. The standard InChI is InChI=1S/C11H14N2S/c1-8-11(14-7-13-8)10(12)9-5-3-2-4-6-9/h2-8,10-11H,12H2,1H3. The minimum atomic E-state index is 0.0821. The molecule has 74 valence electrons. The van der Waals surface area contributed by atoms with Gasteiger partial charge in [-0.2, -0.15) is 0 Å². The molecule has 0 spiro atoms. The highest BCUT2D eigenvalue weighted by molar-refractivity contribution is 8.13. The van der Waals surface area contributed by atoms with Crippen molar-refractivity contribution >= 4 is 17.3 Å². The first-order chi connectivity index (χ1) is 6.79. The van der Waals surface area contributed by atoms with Gasteiger partial charge in [-0.05, 0) is 12.5 Å². The Hall–Kier alpha value is -0.800. The van der Waals surface area contributed by atoms with E-state index in [-0.39, 0.29) is 6.04 Å². The van der Waals surface area contributed by atoms with Crippen molar-refractivity contribution in [2.24, 2.45) is 10.7 Å². The molecule has 0 amide bonds. The van der Waals surface area contributed by atoms with Gasteiger partial charge in [0.25, 0.3) is 0 Å². The molecule has 3 unspecified atom stereocenters. The van der Waals surface area contributed by atoms with Crippen molar-refractivity contribution < 1.29 is 0 Å². The monoisotopic (exact) mass is 206 g/mol. The third kappa shape index (κ3) is 1.83. The van der Waals surface area contributed by atoms with Crippen molar-refractivity contribution in [2.75, 3.05) is 0 Å². The number of nitrogens with two attached hydrogens (primary N) is 1. The second-order valence-electron chi connectivity index (χ2n) is 3.53. The van der Waals surface area contributed by atoms with Crippen LogP contribution in [-0.2, 0) is 0 Å². The predicted octanol–water partition coefficient (Wildman–Crippen LogP) is 2.22. The van der Waals surface area contributed by atoms with Crippen molar-refractivity contribution in [3.8, 4) is 0 Å². The zero-order chi connectivity index (χ0) is 9.97. The van der Waals surface area contributed by atoms with Crippen LogP contribution in [0.1, 0.15) is 18.5 Å². The summed E-state index contributed by atoms with van der Waals surface area (Å²) in [5, 5.41) is 0.386. The van der Waals surface area contributed by atoms with Crippen LogP contribution >= 0.6 is 11.8 Å². The second-order valence-corrected chi connectivity index (χ2v) is 4.56. The molecule has 2 rings (SSSR count). The van der Waals surface area contributed by atoms with Gasteiger partial charge in [0.1, 0.15) is 0 Å². The highest BCUT2D eigenvalue weighted by Gasteiger charge is 2.27. The van der Waals surface area contributed by atoms with Crippen molar-refractivity contribution in [3.05, 3.63) is 35.9 Å². The van der Waals surface area contributed by atoms with Crippen LogP contribution in [0.5, 0.6) is 0 Å². The molecule has 2 nitrogen and oxygen atoms in total. The molecule has 1 aliphatic rings. The van der Waals surface area contributed by atoms with Crippen LogP contribution in [0.3, 0.4) is 0 Å². The van der Waals surface area contributed by atoms with Gasteiger partial charge in [-0.3, -0.25) is 4.99 Å². The average Bonchev–Trinajstić information content (AvgIpc) is 2.65. The van der Waals surface area contributed by atoms with E-state index in [1.54, 1.807) is 11.8 Å². The van der Waals surface area contributed by atoms with Gasteiger partial charge >= 0.3 is 0 Å². The number of thioether (sulfide) groups is 1. The van der Waals surface area contributed by atoms with Gasteiger partial charge in [0, 0.05) is 6.04 Å². The van der Waals surface area contributed by atoms with E-state index in [0.29, 0.717) is 11.3 Å². The maximum atomic E-state index is 6.19. The highest BCUT2D eigenvalue weighted by Crippen LogP contribution is 2.31. The Morgan fingerprint density at radius 3 is 2.64 bits per heavy atom. The molecule has 0 aromatic heterocycles. The molecule has 3 heteroatoms. The smallest absolute Gasteiger partial charge is 0.0618 e. The van der Waals surface area contributed by atoms with Crippen LogP contribution in [0.4, 0.5) is 0 Å². The van der Waals surface area contributed by atoms with Crippen molar-refractivity contribution in [2.45, 2.75) is 24.3 Å². The van der Waals surface area contributed by atoms with Gasteiger partial charge < -0.3 is 5.73 Å². The Labute approximate surface area is 88.6 Å². The topological polar surface area (TPSA) is 38.4 Å². The first-order valence-electron chi connectivity index (χ1n) is 4.76. The van der Waals surface area contributed by atoms with Gasteiger partial charge in [0.05, 0.1) is 16.8 Å². The molecule has 0 radical (unpaired) electrons. The minimum absolute atomic E-state index is 0.0821. The molecule has 14 heavy (non-hydrogen) atoms. The van der Waals surface area contributed by atoms with Gasteiger partial charge in [0.2, 0.25) is 0 Å². The highest BCUT2D eigenvalue weighted by atomic mass is 32.2. The Balaban J connectivity index is 2.13. The number of rotatable bonds is 2. The number of hydrogen-bond donors (Lipinski definition) is 1. The maximum absolute atomic E-state index is 6.19. The number of aliphatic imine (C=N–C) groups is 1. The van der Waals surface area contributed by atoms with E-state index in [9.17, 15) is 0 Å². The van der Waals surface area contributed by atoms with E-state index in [0.717, 1.165) is 0 Å².